The molecule has 206 valence electrons. The molecule has 0 radical (unpaired) electrons. The molecule has 1 atom stereocenters. The Kier molecular flexibility index (Phi) is 9.62. The van der Waals surface area contributed by atoms with Gasteiger partial charge in [0.1, 0.15) is 22.3 Å². The highest BCUT2D eigenvalue weighted by atomic mass is 32.2. The predicted octanol–water partition coefficient (Wildman–Crippen LogP) is 5.36. The second kappa shape index (κ2) is 13.1. The lowest BCUT2D eigenvalue weighted by Gasteiger charge is -2.11. The Bertz CT molecular complexity index is 1450. The highest BCUT2D eigenvalue weighted by Gasteiger charge is 2.21. The van der Waals surface area contributed by atoms with E-state index in [2.05, 4.69) is 20.0 Å². The maximum Gasteiger partial charge on any atom is 0.223 e. The van der Waals surface area contributed by atoms with Crippen molar-refractivity contribution < 1.29 is 27.2 Å². The number of rotatable bonds is 12. The van der Waals surface area contributed by atoms with Gasteiger partial charge in [-0.3, -0.25) is 4.72 Å². The summed E-state index contributed by atoms with van der Waals surface area (Å²) in [5.41, 5.74) is 1.39. The number of benzene rings is 2. The van der Waals surface area contributed by atoms with Crippen LogP contribution < -0.4 is 10.0 Å². The maximum absolute atomic E-state index is 14.7. The lowest BCUT2D eigenvalue weighted by molar-refractivity contribution is 0.0991. The summed E-state index contributed by atoms with van der Waals surface area (Å²) in [4.78, 5) is 13.6. The van der Waals surface area contributed by atoms with Crippen LogP contribution in [0.1, 0.15) is 24.8 Å². The summed E-state index contributed by atoms with van der Waals surface area (Å²) in [6, 6.07) is 8.93. The molecule has 0 fully saturated rings. The van der Waals surface area contributed by atoms with Crippen LogP contribution in [0.2, 0.25) is 0 Å². The fraction of sp³-hybridized carbons (Fsp3) is 0.269. The van der Waals surface area contributed by atoms with E-state index >= 15 is 0 Å². The molecule has 2 aromatic carbocycles. The number of aliphatic hydroxyl groups is 1. The van der Waals surface area contributed by atoms with Crippen molar-refractivity contribution in [2.75, 3.05) is 36.4 Å². The van der Waals surface area contributed by atoms with Crippen molar-refractivity contribution in [2.24, 2.45) is 0 Å². The highest BCUT2D eigenvalue weighted by molar-refractivity contribution is 7.86. The summed E-state index contributed by atoms with van der Waals surface area (Å²) in [5, 5.41) is 12.7. The van der Waals surface area contributed by atoms with E-state index in [0.717, 1.165) is 23.2 Å². The summed E-state index contributed by atoms with van der Waals surface area (Å²) in [6.45, 7) is 4.96. The molecule has 39 heavy (non-hydrogen) atoms. The van der Waals surface area contributed by atoms with Gasteiger partial charge in [-0.2, -0.15) is 0 Å². The Labute approximate surface area is 229 Å². The maximum atomic E-state index is 14.7. The molecule has 0 saturated heterocycles. The fourth-order valence-electron chi connectivity index (χ4n) is 3.49. The zero-order valence-electron chi connectivity index (χ0n) is 21.1. The number of anilines is 2. The fourth-order valence-corrected chi connectivity index (χ4v) is 5.49. The minimum Gasteiger partial charge on any atom is -0.394 e. The lowest BCUT2D eigenvalue weighted by Crippen LogP contribution is -2.13. The molecule has 0 spiro atoms. The molecular weight excluding hydrogens is 551 g/mol. The molecule has 0 saturated carbocycles. The number of halogens is 3. The van der Waals surface area contributed by atoms with E-state index in [-0.39, 0.29) is 24.8 Å². The highest BCUT2D eigenvalue weighted by Crippen LogP contribution is 2.39. The summed E-state index contributed by atoms with van der Waals surface area (Å²) in [6.07, 6.45) is 1.60. The Hall–Kier alpha value is -3.39. The molecule has 8 nitrogen and oxygen atoms in total. The Morgan fingerprint density at radius 1 is 1.05 bits per heavy atom. The van der Waals surface area contributed by atoms with Crippen LogP contribution in [0.4, 0.5) is 24.8 Å². The van der Waals surface area contributed by atoms with Gasteiger partial charge in [0.25, 0.3) is 0 Å². The van der Waals surface area contributed by atoms with Crippen molar-refractivity contribution in [1.82, 2.24) is 15.0 Å². The van der Waals surface area contributed by atoms with Gasteiger partial charge in [-0.25, -0.2) is 32.3 Å². The normalized spacial score (nSPS) is 12.1. The van der Waals surface area contributed by atoms with Crippen LogP contribution in [-0.4, -0.2) is 50.6 Å². The largest absolute Gasteiger partial charge is 0.394 e. The van der Waals surface area contributed by atoms with Crippen molar-refractivity contribution in [3.05, 3.63) is 71.1 Å². The second-order valence-electron chi connectivity index (χ2n) is 8.53. The molecule has 1 unspecified atom stereocenters. The average molecular weight is 578 g/mol. The van der Waals surface area contributed by atoms with Crippen LogP contribution in [0, 0.1) is 17.5 Å². The average Bonchev–Trinajstić information content (AvgIpc) is 3.36. The van der Waals surface area contributed by atoms with Gasteiger partial charge in [0.2, 0.25) is 5.95 Å². The number of nitrogens with one attached hydrogen (secondary N) is 2. The van der Waals surface area contributed by atoms with Gasteiger partial charge in [0, 0.05) is 24.2 Å². The predicted molar refractivity (Wildman–Crippen MR) is 145 cm³/mol. The van der Waals surface area contributed by atoms with E-state index in [1.165, 1.54) is 29.5 Å². The van der Waals surface area contributed by atoms with E-state index in [1.54, 1.807) is 12.3 Å². The third kappa shape index (κ3) is 6.98. The minimum absolute atomic E-state index is 0.0606. The Morgan fingerprint density at radius 3 is 2.54 bits per heavy atom. The Morgan fingerprint density at radius 2 is 1.82 bits per heavy atom. The third-order valence-electron chi connectivity index (χ3n) is 5.34. The molecule has 13 heteroatoms. The molecule has 0 aliphatic rings. The Balaban J connectivity index is 1.66. The first kappa shape index (κ1) is 28.6. The van der Waals surface area contributed by atoms with Crippen LogP contribution in [-0.2, 0) is 15.7 Å². The van der Waals surface area contributed by atoms with Crippen LogP contribution >= 0.6 is 11.3 Å². The van der Waals surface area contributed by atoms with Crippen LogP contribution in [0.15, 0.2) is 53.6 Å². The smallest absolute Gasteiger partial charge is 0.223 e. The van der Waals surface area contributed by atoms with Crippen molar-refractivity contribution in [2.45, 2.75) is 24.7 Å². The van der Waals surface area contributed by atoms with Gasteiger partial charge in [0.15, 0.2) is 11.0 Å². The number of thiazole rings is 1. The van der Waals surface area contributed by atoms with Crippen LogP contribution in [0.25, 0.3) is 21.8 Å². The molecule has 2 heterocycles. The van der Waals surface area contributed by atoms with Crippen LogP contribution in [0.5, 0.6) is 0 Å². The zero-order chi connectivity index (χ0) is 27.9. The summed E-state index contributed by atoms with van der Waals surface area (Å²) in [5.74, 6) is -2.29. The standard InChI is InChI=1S/C26H26F3N5O3S2/c1-15(2)25-33-22(23(38-25)20-8-9-30-26(32-20)31-10-12-37-13-11-35)16-6-7-17(27)21(14-16)34-39(36)24-18(28)4-3-5-19(24)29/h3-9,14-15,34-35H,10-13H2,1-2H3,(H,30,31,32). The number of hydrogen-bond acceptors (Lipinski definition) is 8. The molecule has 3 N–H and O–H groups in total. The molecule has 0 aliphatic heterocycles. The summed E-state index contributed by atoms with van der Waals surface area (Å²) < 4.78 is 63.3. The number of aliphatic hydroxyl groups excluding tert-OH is 1. The van der Waals surface area contributed by atoms with E-state index in [4.69, 9.17) is 14.8 Å². The number of aromatic nitrogens is 3. The van der Waals surface area contributed by atoms with Gasteiger partial charge < -0.3 is 15.2 Å². The quantitative estimate of drug-likeness (QED) is 0.195. The van der Waals surface area contributed by atoms with Crippen LogP contribution in [0.3, 0.4) is 0 Å². The van der Waals surface area contributed by atoms with Gasteiger partial charge in [-0.05, 0) is 36.4 Å². The summed E-state index contributed by atoms with van der Waals surface area (Å²) >= 11 is 1.43. The molecule has 0 bridgehead atoms. The minimum atomic E-state index is -2.40. The van der Waals surface area contributed by atoms with Gasteiger partial charge in [-0.15, -0.1) is 11.3 Å². The first-order valence-electron chi connectivity index (χ1n) is 12.0. The van der Waals surface area contributed by atoms with Gasteiger partial charge in [0.05, 0.1) is 46.8 Å². The van der Waals surface area contributed by atoms with Crippen molar-refractivity contribution in [3.8, 4) is 21.8 Å². The number of hydrogen-bond donors (Lipinski definition) is 3. The lowest BCUT2D eigenvalue weighted by atomic mass is 10.1. The van der Waals surface area contributed by atoms with Gasteiger partial charge >= 0.3 is 0 Å². The topological polar surface area (TPSA) is 109 Å². The third-order valence-corrected chi connectivity index (χ3v) is 7.88. The molecule has 0 amide bonds. The molecular formula is C26H26F3N5O3S2. The molecule has 4 aromatic rings. The first-order chi connectivity index (χ1) is 18.8. The molecule has 0 aliphatic carbocycles. The van der Waals surface area contributed by atoms with E-state index in [9.17, 15) is 17.4 Å². The number of ether oxygens (including phenoxy) is 1. The number of nitrogens with zero attached hydrogens (tertiary/aromatic N) is 3. The monoisotopic (exact) mass is 577 g/mol. The zero-order valence-corrected chi connectivity index (χ0v) is 22.7. The molecule has 4 rings (SSSR count). The van der Waals surface area contributed by atoms with Crippen molar-refractivity contribution in [1.29, 1.82) is 0 Å². The van der Waals surface area contributed by atoms with Crippen molar-refractivity contribution >= 4 is 34.0 Å². The van der Waals surface area contributed by atoms with Gasteiger partial charge in [-0.1, -0.05) is 19.9 Å². The molecule has 2 aromatic heterocycles. The second-order valence-corrected chi connectivity index (χ2v) is 10.7. The van der Waals surface area contributed by atoms with E-state index in [0.29, 0.717) is 40.9 Å². The SMILES string of the molecule is CC(C)c1nc(-c2ccc(F)c(NS(=O)c3c(F)cccc3F)c2)c(-c2ccnc(NCCOCCO)n2)s1. The first-order valence-corrected chi connectivity index (χ1v) is 13.9. The van der Waals surface area contributed by atoms with Crippen molar-refractivity contribution in [3.63, 3.8) is 0 Å². The van der Waals surface area contributed by atoms with E-state index in [1.807, 2.05) is 13.8 Å². The van der Waals surface area contributed by atoms with E-state index < -0.39 is 33.3 Å². The summed E-state index contributed by atoms with van der Waals surface area (Å²) in [7, 11) is -2.40.